The molecule has 0 bridgehead atoms. The maximum atomic E-state index is 13.6. The van der Waals surface area contributed by atoms with Crippen molar-refractivity contribution in [3.8, 4) is 17.2 Å². The molecule has 3 aromatic rings. The van der Waals surface area contributed by atoms with Crippen molar-refractivity contribution in [1.82, 2.24) is 0 Å². The van der Waals surface area contributed by atoms with E-state index in [0.29, 0.717) is 22.7 Å². The van der Waals surface area contributed by atoms with Crippen molar-refractivity contribution in [2.75, 3.05) is 44.2 Å². The number of carbonyl (C=O) groups is 2. The Kier molecular flexibility index (Phi) is 8.35. The Morgan fingerprint density at radius 1 is 0.923 bits per heavy atom. The molecule has 1 atom stereocenters. The third kappa shape index (κ3) is 5.12. The van der Waals surface area contributed by atoms with E-state index in [0.717, 1.165) is 18.8 Å². The van der Waals surface area contributed by atoms with E-state index < -0.39 is 23.5 Å². The van der Waals surface area contributed by atoms with Crippen molar-refractivity contribution in [2.45, 2.75) is 19.9 Å². The van der Waals surface area contributed by atoms with Gasteiger partial charge in [-0.1, -0.05) is 23.7 Å². The van der Waals surface area contributed by atoms with E-state index >= 15 is 0 Å². The first-order valence-electron chi connectivity index (χ1n) is 12.5. The second-order valence-electron chi connectivity index (χ2n) is 8.82. The average molecular weight is 551 g/mol. The maximum Gasteiger partial charge on any atom is 0.300 e. The number of benzene rings is 3. The lowest BCUT2D eigenvalue weighted by Gasteiger charge is -2.27. The summed E-state index contributed by atoms with van der Waals surface area (Å²) in [6.45, 7) is 5.80. The van der Waals surface area contributed by atoms with Crippen LogP contribution in [0.3, 0.4) is 0 Å². The van der Waals surface area contributed by atoms with Crippen LogP contribution in [0.15, 0.2) is 66.2 Å². The predicted molar refractivity (Wildman–Crippen MR) is 152 cm³/mol. The first kappa shape index (κ1) is 27.9. The van der Waals surface area contributed by atoms with E-state index in [1.807, 2.05) is 12.1 Å². The largest absolute Gasteiger partial charge is 0.507 e. The highest BCUT2D eigenvalue weighted by molar-refractivity contribution is 6.51. The number of ketones is 1. The highest BCUT2D eigenvalue weighted by atomic mass is 35.5. The summed E-state index contributed by atoms with van der Waals surface area (Å²) in [5.74, 6) is -0.901. The molecule has 204 valence electrons. The number of methoxy groups -OCH3 is 3. The van der Waals surface area contributed by atoms with Crippen molar-refractivity contribution >= 4 is 40.4 Å². The maximum absolute atomic E-state index is 13.6. The number of carbonyl (C=O) groups excluding carboxylic acids is 2. The van der Waals surface area contributed by atoms with Crippen LogP contribution in [0.5, 0.6) is 17.2 Å². The number of aliphatic hydroxyl groups excluding tert-OH is 1. The fraction of sp³-hybridized carbons (Fsp3) is 0.267. The van der Waals surface area contributed by atoms with Crippen LogP contribution in [0.1, 0.15) is 31.0 Å². The number of aliphatic hydroxyl groups is 1. The Balaban J connectivity index is 1.94. The molecule has 0 aromatic heterocycles. The number of hydrogen-bond acceptors (Lipinski definition) is 7. The Morgan fingerprint density at radius 2 is 1.59 bits per heavy atom. The summed E-state index contributed by atoms with van der Waals surface area (Å²) in [7, 11) is 4.42. The van der Waals surface area contributed by atoms with Crippen LogP contribution in [0.25, 0.3) is 5.76 Å². The smallest absolute Gasteiger partial charge is 0.300 e. The fourth-order valence-corrected chi connectivity index (χ4v) is 5.07. The van der Waals surface area contributed by atoms with Gasteiger partial charge in [0.05, 0.1) is 43.5 Å². The van der Waals surface area contributed by atoms with Crippen LogP contribution in [-0.2, 0) is 9.59 Å². The number of ether oxygens (including phenoxy) is 3. The van der Waals surface area contributed by atoms with Gasteiger partial charge in [-0.2, -0.15) is 0 Å². The molecular weight excluding hydrogens is 520 g/mol. The molecule has 1 heterocycles. The second-order valence-corrected chi connectivity index (χ2v) is 9.23. The number of amides is 1. The molecule has 1 unspecified atom stereocenters. The highest BCUT2D eigenvalue weighted by Gasteiger charge is 2.47. The topological polar surface area (TPSA) is 88.5 Å². The molecular formula is C30H31ClN2O6. The van der Waals surface area contributed by atoms with Gasteiger partial charge in [-0.15, -0.1) is 0 Å². The summed E-state index contributed by atoms with van der Waals surface area (Å²) in [6.07, 6.45) is 0. The first-order valence-corrected chi connectivity index (χ1v) is 12.9. The van der Waals surface area contributed by atoms with Crippen molar-refractivity contribution < 1.29 is 28.9 Å². The Morgan fingerprint density at radius 3 is 2.18 bits per heavy atom. The van der Waals surface area contributed by atoms with Gasteiger partial charge in [0.25, 0.3) is 11.7 Å². The molecule has 0 saturated carbocycles. The average Bonchev–Trinajstić information content (AvgIpc) is 3.23. The molecule has 1 fully saturated rings. The molecule has 1 aliphatic rings. The Hall–Kier alpha value is -4.17. The molecule has 1 N–H and O–H groups in total. The van der Waals surface area contributed by atoms with Gasteiger partial charge < -0.3 is 24.2 Å². The van der Waals surface area contributed by atoms with Gasteiger partial charge in [-0.3, -0.25) is 14.5 Å². The monoisotopic (exact) mass is 550 g/mol. The molecule has 0 spiro atoms. The standard InChI is InChI=1S/C30H31ClN2O6/c1-6-32(7-2)19-11-13-20(14-12-19)33-27(18-9-8-10-21(15-18)37-3)26(29(35)30(33)36)28(34)22-16-23(31)25(39-5)17-24(22)38-4/h8-17,27,34H,6-7H2,1-5H3/b28-26+. The number of Topliss-reactive ketones (excluding diaryl/α,β-unsaturated/α-hetero) is 1. The van der Waals surface area contributed by atoms with E-state index in [-0.39, 0.29) is 21.9 Å². The molecule has 9 heteroatoms. The van der Waals surface area contributed by atoms with Crippen LogP contribution < -0.4 is 24.0 Å². The first-order chi connectivity index (χ1) is 18.8. The molecule has 39 heavy (non-hydrogen) atoms. The third-order valence-corrected chi connectivity index (χ3v) is 7.13. The zero-order chi connectivity index (χ0) is 28.3. The lowest BCUT2D eigenvalue weighted by atomic mass is 9.94. The van der Waals surface area contributed by atoms with E-state index in [2.05, 4.69) is 18.7 Å². The van der Waals surface area contributed by atoms with Crippen LogP contribution in [-0.4, -0.2) is 51.2 Å². The second kappa shape index (κ2) is 11.7. The van der Waals surface area contributed by atoms with Gasteiger partial charge in [0, 0.05) is 30.5 Å². The lowest BCUT2D eigenvalue weighted by Crippen LogP contribution is -2.29. The van der Waals surface area contributed by atoms with Crippen LogP contribution in [0.4, 0.5) is 11.4 Å². The van der Waals surface area contributed by atoms with Gasteiger partial charge >= 0.3 is 0 Å². The van der Waals surface area contributed by atoms with E-state index in [1.165, 1.54) is 38.4 Å². The number of rotatable bonds is 9. The number of anilines is 2. The number of halogens is 1. The number of nitrogens with zero attached hydrogens (tertiary/aromatic N) is 2. The van der Waals surface area contributed by atoms with Gasteiger partial charge in [0.1, 0.15) is 23.0 Å². The summed E-state index contributed by atoms with van der Waals surface area (Å²) in [6, 6.07) is 16.5. The zero-order valence-electron chi connectivity index (χ0n) is 22.5. The lowest BCUT2D eigenvalue weighted by molar-refractivity contribution is -0.132. The third-order valence-electron chi connectivity index (χ3n) is 6.84. The molecule has 1 amide bonds. The molecule has 3 aromatic carbocycles. The van der Waals surface area contributed by atoms with Crippen LogP contribution in [0.2, 0.25) is 5.02 Å². The van der Waals surface area contributed by atoms with E-state index in [4.69, 9.17) is 25.8 Å². The van der Waals surface area contributed by atoms with Gasteiger partial charge in [0.2, 0.25) is 0 Å². The molecule has 0 radical (unpaired) electrons. The highest BCUT2D eigenvalue weighted by Crippen LogP contribution is 2.45. The van der Waals surface area contributed by atoms with E-state index in [9.17, 15) is 14.7 Å². The Bertz CT molecular complexity index is 1420. The summed E-state index contributed by atoms with van der Waals surface area (Å²) >= 11 is 6.36. The van der Waals surface area contributed by atoms with Crippen LogP contribution >= 0.6 is 11.6 Å². The summed E-state index contributed by atoms with van der Waals surface area (Å²) in [4.78, 5) is 30.7. The minimum absolute atomic E-state index is 0.0967. The predicted octanol–water partition coefficient (Wildman–Crippen LogP) is 5.84. The molecule has 0 aliphatic carbocycles. The van der Waals surface area contributed by atoms with Gasteiger partial charge in [-0.25, -0.2) is 0 Å². The van der Waals surface area contributed by atoms with Crippen molar-refractivity contribution in [3.05, 3.63) is 82.4 Å². The molecule has 1 aliphatic heterocycles. The summed E-state index contributed by atoms with van der Waals surface area (Å²) < 4.78 is 16.1. The van der Waals surface area contributed by atoms with Crippen LogP contribution in [0, 0.1) is 0 Å². The molecule has 1 saturated heterocycles. The van der Waals surface area contributed by atoms with Gasteiger partial charge in [0.15, 0.2) is 0 Å². The Labute approximate surface area is 233 Å². The number of hydrogen-bond donors (Lipinski definition) is 1. The molecule has 8 nitrogen and oxygen atoms in total. The molecule has 4 rings (SSSR count). The van der Waals surface area contributed by atoms with Crippen molar-refractivity contribution in [3.63, 3.8) is 0 Å². The van der Waals surface area contributed by atoms with Gasteiger partial charge in [-0.05, 0) is 61.9 Å². The van der Waals surface area contributed by atoms with Crippen molar-refractivity contribution in [1.29, 1.82) is 0 Å². The zero-order valence-corrected chi connectivity index (χ0v) is 23.3. The SMILES string of the molecule is CCN(CC)c1ccc(N2C(=O)C(=O)/C(=C(/O)c3cc(Cl)c(OC)cc3OC)C2c2cccc(OC)c2)cc1. The van der Waals surface area contributed by atoms with Crippen molar-refractivity contribution in [2.24, 2.45) is 0 Å². The quantitative estimate of drug-likeness (QED) is 0.203. The summed E-state index contributed by atoms with van der Waals surface area (Å²) in [5.41, 5.74) is 2.16. The fourth-order valence-electron chi connectivity index (χ4n) is 4.83. The minimum atomic E-state index is -0.940. The summed E-state index contributed by atoms with van der Waals surface area (Å²) in [5, 5.41) is 11.8. The minimum Gasteiger partial charge on any atom is -0.507 e. The van der Waals surface area contributed by atoms with E-state index in [1.54, 1.807) is 36.4 Å². The normalized spacial score (nSPS) is 16.4.